The van der Waals surface area contributed by atoms with E-state index in [0.29, 0.717) is 11.5 Å². The highest BCUT2D eigenvalue weighted by Gasteiger charge is 2.56. The zero-order valence-corrected chi connectivity index (χ0v) is 14.8. The molecule has 2 aliphatic heterocycles. The van der Waals surface area contributed by atoms with Crippen molar-refractivity contribution in [3.63, 3.8) is 0 Å². The van der Waals surface area contributed by atoms with E-state index in [9.17, 15) is 14.0 Å². The lowest BCUT2D eigenvalue weighted by Crippen LogP contribution is -2.70. The first-order valence-corrected chi connectivity index (χ1v) is 9.57. The van der Waals surface area contributed by atoms with Crippen molar-refractivity contribution in [1.82, 2.24) is 10.2 Å². The number of halogens is 1. The fourth-order valence-corrected chi connectivity index (χ4v) is 4.61. The van der Waals surface area contributed by atoms with Crippen molar-refractivity contribution in [2.75, 3.05) is 19.7 Å². The second kappa shape index (κ2) is 7.45. The maximum atomic E-state index is 12.9. The number of carbonyl (C=O) groups is 2. The van der Waals surface area contributed by atoms with Gasteiger partial charge in [0.1, 0.15) is 5.82 Å². The summed E-state index contributed by atoms with van der Waals surface area (Å²) in [6.45, 7) is 2.93. The van der Waals surface area contributed by atoms with Crippen LogP contribution >= 0.6 is 0 Å². The lowest BCUT2D eigenvalue weighted by Gasteiger charge is -2.51. The van der Waals surface area contributed by atoms with Gasteiger partial charge in [0, 0.05) is 30.9 Å². The minimum absolute atomic E-state index is 0.0833. The Morgan fingerprint density at radius 1 is 1.15 bits per heavy atom. The van der Waals surface area contributed by atoms with Crippen molar-refractivity contribution in [3.8, 4) is 0 Å². The van der Waals surface area contributed by atoms with E-state index in [1.165, 1.54) is 37.1 Å². The molecule has 1 aromatic rings. The summed E-state index contributed by atoms with van der Waals surface area (Å²) >= 11 is 0. The highest BCUT2D eigenvalue weighted by atomic mass is 19.1. The Morgan fingerprint density at radius 3 is 2.62 bits per heavy atom. The number of ketones is 1. The molecule has 1 N–H and O–H groups in total. The number of amides is 1. The van der Waals surface area contributed by atoms with Crippen LogP contribution in [-0.2, 0) is 9.53 Å². The molecule has 4 atom stereocenters. The third kappa shape index (κ3) is 3.40. The molecule has 2 saturated heterocycles. The normalized spacial score (nSPS) is 30.7. The summed E-state index contributed by atoms with van der Waals surface area (Å²) in [7, 11) is 0. The van der Waals surface area contributed by atoms with Crippen molar-refractivity contribution in [3.05, 3.63) is 35.6 Å². The molecule has 1 amide bonds. The van der Waals surface area contributed by atoms with E-state index in [2.05, 4.69) is 10.2 Å². The molecular weight excluding hydrogens is 335 g/mol. The fraction of sp³-hybridized carbons (Fsp3) is 0.600. The van der Waals surface area contributed by atoms with Crippen molar-refractivity contribution in [2.45, 2.75) is 50.3 Å². The molecule has 26 heavy (non-hydrogen) atoms. The SMILES string of the molecule is O=C(CCC(=O)c1ccc(F)cc1)N[C@H]1[C@H]2CCO[C@H]2[C@@H]1N1CCCC1. The Bertz CT molecular complexity index is 667. The quantitative estimate of drug-likeness (QED) is 0.790. The monoisotopic (exact) mass is 360 g/mol. The number of ether oxygens (including phenoxy) is 1. The summed E-state index contributed by atoms with van der Waals surface area (Å²) in [4.78, 5) is 27.0. The smallest absolute Gasteiger partial charge is 0.220 e. The van der Waals surface area contributed by atoms with Gasteiger partial charge in [0.05, 0.1) is 18.2 Å². The molecule has 3 aliphatic rings. The molecule has 0 spiro atoms. The number of nitrogens with one attached hydrogen (secondary N) is 1. The average molecular weight is 360 g/mol. The zero-order valence-electron chi connectivity index (χ0n) is 14.8. The van der Waals surface area contributed by atoms with Gasteiger partial charge in [-0.05, 0) is 56.6 Å². The molecule has 140 valence electrons. The van der Waals surface area contributed by atoms with Gasteiger partial charge in [-0.15, -0.1) is 0 Å². The maximum absolute atomic E-state index is 12.9. The van der Waals surface area contributed by atoms with Gasteiger partial charge >= 0.3 is 0 Å². The van der Waals surface area contributed by atoms with Crippen LogP contribution in [0.4, 0.5) is 4.39 Å². The van der Waals surface area contributed by atoms with Gasteiger partial charge in [0.2, 0.25) is 5.91 Å². The molecule has 3 fully saturated rings. The topological polar surface area (TPSA) is 58.6 Å². The Morgan fingerprint density at radius 2 is 1.88 bits per heavy atom. The van der Waals surface area contributed by atoms with Crippen molar-refractivity contribution in [2.24, 2.45) is 5.92 Å². The summed E-state index contributed by atoms with van der Waals surface area (Å²) in [6, 6.07) is 5.87. The molecule has 0 aromatic heterocycles. The number of nitrogens with zero attached hydrogens (tertiary/aromatic N) is 1. The van der Waals surface area contributed by atoms with E-state index in [1.54, 1.807) is 0 Å². The molecule has 1 saturated carbocycles. The van der Waals surface area contributed by atoms with Crippen LogP contribution in [0, 0.1) is 11.7 Å². The zero-order chi connectivity index (χ0) is 18.1. The van der Waals surface area contributed by atoms with Crippen LogP contribution in [0.1, 0.15) is 42.5 Å². The molecule has 0 radical (unpaired) electrons. The van der Waals surface area contributed by atoms with Crippen LogP contribution in [-0.4, -0.2) is 54.5 Å². The summed E-state index contributed by atoms with van der Waals surface area (Å²) in [5.74, 6) is -0.185. The van der Waals surface area contributed by atoms with E-state index < -0.39 is 0 Å². The van der Waals surface area contributed by atoms with E-state index in [1.807, 2.05) is 0 Å². The highest BCUT2D eigenvalue weighted by molar-refractivity contribution is 5.97. The van der Waals surface area contributed by atoms with E-state index in [-0.39, 0.29) is 48.5 Å². The van der Waals surface area contributed by atoms with E-state index in [0.717, 1.165) is 26.1 Å². The Hall–Kier alpha value is -1.79. The summed E-state index contributed by atoms with van der Waals surface area (Å²) < 4.78 is 18.8. The molecule has 2 heterocycles. The largest absolute Gasteiger partial charge is 0.376 e. The second-order valence-corrected chi connectivity index (χ2v) is 7.54. The van der Waals surface area contributed by atoms with Gasteiger partial charge in [-0.25, -0.2) is 4.39 Å². The molecule has 4 rings (SSSR count). The predicted octanol–water partition coefficient (Wildman–Crippen LogP) is 2.16. The van der Waals surface area contributed by atoms with E-state index in [4.69, 9.17) is 4.74 Å². The highest BCUT2D eigenvalue weighted by Crippen LogP contribution is 2.42. The third-order valence-electron chi connectivity index (χ3n) is 5.98. The number of fused-ring (bicyclic) bond motifs is 1. The second-order valence-electron chi connectivity index (χ2n) is 7.54. The van der Waals surface area contributed by atoms with Crippen LogP contribution in [0.15, 0.2) is 24.3 Å². The van der Waals surface area contributed by atoms with Gasteiger partial charge in [0.25, 0.3) is 0 Å². The molecule has 1 aromatic carbocycles. The van der Waals surface area contributed by atoms with Crippen LogP contribution < -0.4 is 5.32 Å². The average Bonchev–Trinajstić information content (AvgIpc) is 3.29. The van der Waals surface area contributed by atoms with Crippen LogP contribution in [0.5, 0.6) is 0 Å². The maximum Gasteiger partial charge on any atom is 0.220 e. The van der Waals surface area contributed by atoms with Crippen LogP contribution in [0.3, 0.4) is 0 Å². The van der Waals surface area contributed by atoms with Crippen LogP contribution in [0.25, 0.3) is 0 Å². The van der Waals surface area contributed by atoms with Gasteiger partial charge in [-0.3, -0.25) is 14.5 Å². The number of hydrogen-bond donors (Lipinski definition) is 1. The third-order valence-corrected chi connectivity index (χ3v) is 5.98. The van der Waals surface area contributed by atoms with Gasteiger partial charge in [-0.2, -0.15) is 0 Å². The summed E-state index contributed by atoms with van der Waals surface area (Å²) in [6.07, 6.45) is 3.97. The molecular formula is C20H25FN2O3. The fourth-order valence-electron chi connectivity index (χ4n) is 4.61. The standard InChI is InChI=1S/C20H25FN2O3/c21-14-5-3-13(4-6-14)16(24)7-8-17(25)22-18-15-9-12-26-20(15)19(18)23-10-1-2-11-23/h3-6,15,18-20H,1-2,7-12H2,(H,22,25)/t15-,18+,19-,20-/m1/s1. The summed E-state index contributed by atoms with van der Waals surface area (Å²) in [5, 5.41) is 3.16. The first-order chi connectivity index (χ1) is 12.6. The number of hydrogen-bond acceptors (Lipinski definition) is 4. The number of rotatable bonds is 6. The van der Waals surface area contributed by atoms with Gasteiger partial charge in [-0.1, -0.05) is 0 Å². The van der Waals surface area contributed by atoms with Crippen molar-refractivity contribution < 1.29 is 18.7 Å². The van der Waals surface area contributed by atoms with E-state index >= 15 is 0 Å². The molecule has 1 aliphatic carbocycles. The minimum Gasteiger partial charge on any atom is -0.376 e. The molecule has 5 nitrogen and oxygen atoms in total. The first-order valence-electron chi connectivity index (χ1n) is 9.57. The Labute approximate surface area is 152 Å². The van der Waals surface area contributed by atoms with Crippen molar-refractivity contribution >= 4 is 11.7 Å². The van der Waals surface area contributed by atoms with Gasteiger partial charge in [0.15, 0.2) is 5.78 Å². The summed E-state index contributed by atoms with van der Waals surface area (Å²) in [5.41, 5.74) is 0.446. The molecule has 6 heteroatoms. The Balaban J connectivity index is 1.31. The molecule has 0 unspecified atom stereocenters. The molecule has 0 bridgehead atoms. The predicted molar refractivity (Wildman–Crippen MR) is 94.3 cm³/mol. The first kappa shape index (κ1) is 17.6. The number of likely N-dealkylation sites (tertiary alicyclic amines) is 1. The number of carbonyl (C=O) groups excluding carboxylic acids is 2. The van der Waals surface area contributed by atoms with Gasteiger partial charge < -0.3 is 10.1 Å². The van der Waals surface area contributed by atoms with Crippen LogP contribution in [0.2, 0.25) is 0 Å². The lowest BCUT2D eigenvalue weighted by atomic mass is 9.70. The van der Waals surface area contributed by atoms with Crippen molar-refractivity contribution in [1.29, 1.82) is 0 Å². The minimum atomic E-state index is -0.370. The Kier molecular flexibility index (Phi) is 5.05. The number of Topliss-reactive ketones (excluding diaryl/α,β-unsaturated/α-hetero) is 1. The number of benzene rings is 1. The lowest BCUT2D eigenvalue weighted by molar-refractivity contribution is -0.128.